The molecule has 1 amide bonds. The summed E-state index contributed by atoms with van der Waals surface area (Å²) < 4.78 is 4.97. The van der Waals surface area contributed by atoms with Gasteiger partial charge >= 0.3 is 0 Å². The molecule has 2 aromatic heterocycles. The number of nitrogens with zero attached hydrogens (tertiary/aromatic N) is 2. The van der Waals surface area contributed by atoms with Gasteiger partial charge in [0.2, 0.25) is 0 Å². The Morgan fingerprint density at radius 3 is 3.05 bits per heavy atom. The largest absolute Gasteiger partial charge is 0.472 e. The second-order valence-electron chi connectivity index (χ2n) is 5.47. The Bertz CT molecular complexity index is 614. The molecular formula is C15H16N2O2S. The highest BCUT2D eigenvalue weighted by Gasteiger charge is 2.36. The summed E-state index contributed by atoms with van der Waals surface area (Å²) in [6.07, 6.45) is 4.22. The van der Waals surface area contributed by atoms with Crippen LogP contribution < -0.4 is 0 Å². The standard InChI is InChI=1S/C15H16N2O2S/c18-15(12-2-5-19-10-12)17-8-13(9-17)16-4-1-14-11(7-16)3-6-20-14/h2-3,5-6,10,13H,1,4,7-9H2. The second-order valence-corrected chi connectivity index (χ2v) is 6.47. The minimum Gasteiger partial charge on any atom is -0.472 e. The Hall–Kier alpha value is -1.59. The van der Waals surface area contributed by atoms with Crippen LogP contribution in [0.3, 0.4) is 0 Å². The lowest BCUT2D eigenvalue weighted by Gasteiger charge is -2.46. The first kappa shape index (κ1) is 12.2. The Morgan fingerprint density at radius 1 is 1.35 bits per heavy atom. The molecule has 0 atom stereocenters. The van der Waals surface area contributed by atoms with Gasteiger partial charge in [0, 0.05) is 37.1 Å². The van der Waals surface area contributed by atoms with E-state index >= 15 is 0 Å². The quantitative estimate of drug-likeness (QED) is 0.850. The highest BCUT2D eigenvalue weighted by atomic mass is 32.1. The first-order chi connectivity index (χ1) is 9.81. The van der Waals surface area contributed by atoms with Gasteiger partial charge in [-0.3, -0.25) is 9.69 Å². The molecule has 0 spiro atoms. The van der Waals surface area contributed by atoms with Gasteiger partial charge in [-0.1, -0.05) is 0 Å². The van der Waals surface area contributed by atoms with Crippen LogP contribution in [0.25, 0.3) is 0 Å². The lowest BCUT2D eigenvalue weighted by molar-refractivity contribution is 0.0220. The summed E-state index contributed by atoms with van der Waals surface area (Å²) in [6.45, 7) is 3.83. The van der Waals surface area contributed by atoms with E-state index < -0.39 is 0 Å². The molecule has 0 saturated carbocycles. The van der Waals surface area contributed by atoms with Crippen molar-refractivity contribution in [2.75, 3.05) is 19.6 Å². The molecule has 0 aliphatic carbocycles. The van der Waals surface area contributed by atoms with E-state index in [1.165, 1.54) is 16.7 Å². The number of carbonyl (C=O) groups is 1. The summed E-state index contributed by atoms with van der Waals surface area (Å²) in [5.41, 5.74) is 2.13. The van der Waals surface area contributed by atoms with Gasteiger partial charge in [0.25, 0.3) is 5.91 Å². The number of hydrogen-bond donors (Lipinski definition) is 0. The number of furan rings is 1. The van der Waals surface area contributed by atoms with E-state index in [9.17, 15) is 4.79 Å². The van der Waals surface area contributed by atoms with Crippen LogP contribution in [0.4, 0.5) is 0 Å². The highest BCUT2D eigenvalue weighted by Crippen LogP contribution is 2.28. The number of carbonyl (C=O) groups excluding carboxylic acids is 1. The minimum atomic E-state index is 0.0863. The Balaban J connectivity index is 1.37. The first-order valence-electron chi connectivity index (χ1n) is 6.92. The molecule has 1 fully saturated rings. The molecule has 4 heterocycles. The monoisotopic (exact) mass is 288 g/mol. The predicted molar refractivity (Wildman–Crippen MR) is 76.8 cm³/mol. The maximum Gasteiger partial charge on any atom is 0.257 e. The Kier molecular flexibility index (Phi) is 2.89. The van der Waals surface area contributed by atoms with E-state index in [1.807, 2.05) is 16.2 Å². The maximum absolute atomic E-state index is 12.1. The lowest BCUT2D eigenvalue weighted by atomic mass is 10.0. The highest BCUT2D eigenvalue weighted by molar-refractivity contribution is 7.10. The molecule has 1 saturated heterocycles. The molecule has 4 nitrogen and oxygen atoms in total. The molecule has 0 aromatic carbocycles. The van der Waals surface area contributed by atoms with Crippen molar-refractivity contribution in [3.63, 3.8) is 0 Å². The molecule has 2 aliphatic heterocycles. The van der Waals surface area contributed by atoms with Crippen LogP contribution in [0.2, 0.25) is 0 Å². The summed E-state index contributed by atoms with van der Waals surface area (Å²) in [6, 6.07) is 4.48. The summed E-state index contributed by atoms with van der Waals surface area (Å²) in [5, 5.41) is 2.18. The molecule has 5 heteroatoms. The van der Waals surface area contributed by atoms with Crippen molar-refractivity contribution in [1.82, 2.24) is 9.80 Å². The fourth-order valence-corrected chi connectivity index (χ4v) is 3.89. The van der Waals surface area contributed by atoms with E-state index in [-0.39, 0.29) is 5.91 Å². The van der Waals surface area contributed by atoms with Gasteiger partial charge < -0.3 is 9.32 Å². The Morgan fingerprint density at radius 2 is 2.25 bits per heavy atom. The molecule has 104 valence electrons. The van der Waals surface area contributed by atoms with E-state index in [0.29, 0.717) is 11.6 Å². The topological polar surface area (TPSA) is 36.7 Å². The average Bonchev–Trinajstić information content (AvgIpc) is 3.07. The zero-order chi connectivity index (χ0) is 13.5. The fourth-order valence-electron chi connectivity index (χ4n) is 3.00. The SMILES string of the molecule is O=C(c1ccoc1)N1CC(N2CCc3sccc3C2)C1. The van der Waals surface area contributed by atoms with Crippen molar-refractivity contribution in [2.45, 2.75) is 19.0 Å². The first-order valence-corrected chi connectivity index (χ1v) is 7.80. The molecule has 0 unspecified atom stereocenters. The zero-order valence-corrected chi connectivity index (χ0v) is 11.9. The van der Waals surface area contributed by atoms with Gasteiger partial charge in [-0.05, 0) is 29.5 Å². The maximum atomic E-state index is 12.1. The zero-order valence-electron chi connectivity index (χ0n) is 11.1. The predicted octanol–water partition coefficient (Wildman–Crippen LogP) is 2.22. The Labute approximate surface area is 121 Å². The fraction of sp³-hybridized carbons (Fsp3) is 0.400. The lowest BCUT2D eigenvalue weighted by Crippen LogP contribution is -2.61. The number of amides is 1. The van der Waals surface area contributed by atoms with Crippen molar-refractivity contribution in [2.24, 2.45) is 0 Å². The number of hydrogen-bond acceptors (Lipinski definition) is 4. The van der Waals surface area contributed by atoms with Gasteiger partial charge in [0.1, 0.15) is 6.26 Å². The van der Waals surface area contributed by atoms with Crippen LogP contribution in [0.1, 0.15) is 20.8 Å². The third-order valence-corrected chi connectivity index (χ3v) is 5.29. The van der Waals surface area contributed by atoms with Crippen LogP contribution in [-0.2, 0) is 13.0 Å². The summed E-state index contributed by atoms with van der Waals surface area (Å²) in [4.78, 5) is 18.1. The van der Waals surface area contributed by atoms with Crippen LogP contribution in [-0.4, -0.2) is 41.4 Å². The average molecular weight is 288 g/mol. The van der Waals surface area contributed by atoms with Crippen LogP contribution >= 0.6 is 11.3 Å². The molecule has 2 aromatic rings. The number of likely N-dealkylation sites (tertiary alicyclic amines) is 1. The van der Waals surface area contributed by atoms with E-state index in [4.69, 9.17) is 4.42 Å². The summed E-state index contributed by atoms with van der Waals surface area (Å²) in [5.74, 6) is 0.0863. The molecule has 4 rings (SSSR count). The van der Waals surface area contributed by atoms with E-state index in [0.717, 1.165) is 32.6 Å². The molecule has 20 heavy (non-hydrogen) atoms. The minimum absolute atomic E-state index is 0.0863. The van der Waals surface area contributed by atoms with Gasteiger partial charge in [-0.15, -0.1) is 11.3 Å². The third-order valence-electron chi connectivity index (χ3n) is 4.27. The normalized spacial score (nSPS) is 19.7. The van der Waals surface area contributed by atoms with Crippen LogP contribution in [0, 0.1) is 0 Å². The molecule has 0 bridgehead atoms. The molecule has 0 N–H and O–H groups in total. The number of thiophene rings is 1. The van der Waals surface area contributed by atoms with Crippen molar-refractivity contribution < 1.29 is 9.21 Å². The number of fused-ring (bicyclic) bond motifs is 1. The summed E-state index contributed by atoms with van der Waals surface area (Å²) in [7, 11) is 0. The van der Waals surface area contributed by atoms with Crippen LogP contribution in [0.5, 0.6) is 0 Å². The van der Waals surface area contributed by atoms with Gasteiger partial charge in [0.15, 0.2) is 0 Å². The van der Waals surface area contributed by atoms with E-state index in [1.54, 1.807) is 12.3 Å². The third kappa shape index (κ3) is 1.98. The molecular weight excluding hydrogens is 272 g/mol. The summed E-state index contributed by atoms with van der Waals surface area (Å²) >= 11 is 1.87. The van der Waals surface area contributed by atoms with Gasteiger partial charge in [-0.2, -0.15) is 0 Å². The van der Waals surface area contributed by atoms with Gasteiger partial charge in [0.05, 0.1) is 11.8 Å². The second kappa shape index (κ2) is 4.75. The smallest absolute Gasteiger partial charge is 0.257 e. The van der Waals surface area contributed by atoms with Crippen molar-refractivity contribution in [1.29, 1.82) is 0 Å². The molecule has 0 radical (unpaired) electrons. The van der Waals surface area contributed by atoms with Crippen LogP contribution in [0.15, 0.2) is 34.5 Å². The van der Waals surface area contributed by atoms with E-state index in [2.05, 4.69) is 16.3 Å². The van der Waals surface area contributed by atoms with Crippen molar-refractivity contribution >= 4 is 17.2 Å². The van der Waals surface area contributed by atoms with Gasteiger partial charge in [-0.25, -0.2) is 0 Å². The molecule has 2 aliphatic rings. The van der Waals surface area contributed by atoms with Crippen molar-refractivity contribution in [3.8, 4) is 0 Å². The van der Waals surface area contributed by atoms with Crippen molar-refractivity contribution in [3.05, 3.63) is 46.0 Å². The number of rotatable bonds is 2.